The maximum Gasteiger partial charge on any atom is 0.407 e. The van der Waals surface area contributed by atoms with E-state index in [1.54, 1.807) is 0 Å². The number of allylic oxidation sites excluding steroid dienone is 1. The summed E-state index contributed by atoms with van der Waals surface area (Å²) in [7, 11) is -2.79. The molecule has 2 atom stereocenters. The molecule has 3 aliphatic carbocycles. The zero-order chi connectivity index (χ0) is 20.5. The van der Waals surface area contributed by atoms with E-state index >= 15 is 0 Å². The van der Waals surface area contributed by atoms with E-state index in [0.29, 0.717) is 30.5 Å². The van der Waals surface area contributed by atoms with Gasteiger partial charge in [-0.25, -0.2) is 0 Å². The number of hydrogen-bond acceptors (Lipinski definition) is 2. The highest BCUT2D eigenvalue weighted by Crippen LogP contribution is 2.59. The summed E-state index contributed by atoms with van der Waals surface area (Å²) >= 11 is 0. The third-order valence-corrected chi connectivity index (χ3v) is 10.3. The second-order valence-electron chi connectivity index (χ2n) is 9.66. The monoisotopic (exact) mass is 406 g/mol. The molecule has 3 aliphatic rings. The van der Waals surface area contributed by atoms with E-state index in [0.717, 1.165) is 5.92 Å². The molecule has 2 bridgehead atoms. The van der Waals surface area contributed by atoms with Crippen molar-refractivity contribution in [3.63, 3.8) is 0 Å². The van der Waals surface area contributed by atoms with Crippen molar-refractivity contribution in [3.05, 3.63) is 72.3 Å². The lowest BCUT2D eigenvalue weighted by molar-refractivity contribution is -0.0127. The van der Waals surface area contributed by atoms with Gasteiger partial charge in [-0.15, -0.1) is 0 Å². The van der Waals surface area contributed by atoms with Crippen LogP contribution in [0.5, 0.6) is 0 Å². The molecule has 0 spiro atoms. The summed E-state index contributed by atoms with van der Waals surface area (Å²) in [5.74, 6) is 1.96. The molecule has 0 aliphatic heterocycles. The SMILES string of the molecule is CC(C)CO[Si](OCC1=CCC2CC1C2(C)C)(c1ccccc1)c1ccccc1. The minimum atomic E-state index is -2.79. The first-order valence-electron chi connectivity index (χ1n) is 11.0. The Morgan fingerprint density at radius 2 is 1.52 bits per heavy atom. The Balaban J connectivity index is 1.68. The van der Waals surface area contributed by atoms with Crippen LogP contribution in [-0.4, -0.2) is 21.8 Å². The Bertz CT molecular complexity index is 802. The standard InChI is InChI=1S/C26H34O2Si/c1-20(2)18-27-29(23-11-7-5-8-12-23,24-13-9-6-10-14-24)28-19-21-15-16-22-17-25(21)26(22,3)4/h5-15,20,22,25H,16-19H2,1-4H3. The second-order valence-corrected chi connectivity index (χ2v) is 12.6. The van der Waals surface area contributed by atoms with Crippen molar-refractivity contribution in [1.82, 2.24) is 0 Å². The van der Waals surface area contributed by atoms with Crippen molar-refractivity contribution >= 4 is 18.9 Å². The molecule has 29 heavy (non-hydrogen) atoms. The van der Waals surface area contributed by atoms with Crippen LogP contribution in [-0.2, 0) is 8.85 Å². The lowest BCUT2D eigenvalue weighted by Crippen LogP contribution is -2.64. The van der Waals surface area contributed by atoms with Gasteiger partial charge < -0.3 is 8.85 Å². The normalized spacial score (nSPS) is 22.9. The van der Waals surface area contributed by atoms with Crippen LogP contribution >= 0.6 is 0 Å². The van der Waals surface area contributed by atoms with Crippen molar-refractivity contribution in [2.45, 2.75) is 40.5 Å². The van der Waals surface area contributed by atoms with Gasteiger partial charge in [0.25, 0.3) is 0 Å². The van der Waals surface area contributed by atoms with Crippen LogP contribution in [0, 0.1) is 23.2 Å². The largest absolute Gasteiger partial charge is 0.407 e. The fourth-order valence-corrected chi connectivity index (χ4v) is 8.25. The van der Waals surface area contributed by atoms with E-state index in [2.05, 4.69) is 94.4 Å². The van der Waals surface area contributed by atoms with Crippen molar-refractivity contribution in [1.29, 1.82) is 0 Å². The predicted molar refractivity (Wildman–Crippen MR) is 123 cm³/mol. The molecule has 2 aromatic rings. The number of fused-ring (bicyclic) bond motifs is 1. The lowest BCUT2D eigenvalue weighted by atomic mass is 9.49. The first-order chi connectivity index (χ1) is 13.9. The fourth-order valence-electron chi connectivity index (χ4n) is 4.97. The molecular weight excluding hydrogens is 372 g/mol. The van der Waals surface area contributed by atoms with Gasteiger partial charge >= 0.3 is 8.56 Å². The van der Waals surface area contributed by atoms with E-state index in [1.165, 1.54) is 28.8 Å². The molecule has 154 valence electrons. The zero-order valence-corrected chi connectivity index (χ0v) is 19.2. The van der Waals surface area contributed by atoms with E-state index in [9.17, 15) is 0 Å². The molecule has 0 amide bonds. The molecule has 3 heteroatoms. The van der Waals surface area contributed by atoms with Gasteiger partial charge in [0.2, 0.25) is 0 Å². The highest BCUT2D eigenvalue weighted by Gasteiger charge is 2.52. The number of hydrogen-bond donors (Lipinski definition) is 0. The van der Waals surface area contributed by atoms with Gasteiger partial charge in [0.05, 0.1) is 6.61 Å². The van der Waals surface area contributed by atoms with Gasteiger partial charge in [-0.05, 0) is 52.0 Å². The summed E-state index contributed by atoms with van der Waals surface area (Å²) in [5.41, 5.74) is 1.89. The highest BCUT2D eigenvalue weighted by atomic mass is 28.4. The van der Waals surface area contributed by atoms with E-state index < -0.39 is 8.56 Å². The van der Waals surface area contributed by atoms with Crippen LogP contribution in [0.3, 0.4) is 0 Å². The molecule has 2 nitrogen and oxygen atoms in total. The van der Waals surface area contributed by atoms with Gasteiger partial charge in [0.15, 0.2) is 0 Å². The molecule has 2 unspecified atom stereocenters. The molecular formula is C26H34O2Si. The Morgan fingerprint density at radius 3 is 2.00 bits per heavy atom. The summed E-state index contributed by atoms with van der Waals surface area (Å²) in [6.45, 7) is 10.6. The average molecular weight is 407 g/mol. The minimum Gasteiger partial charge on any atom is -0.387 e. The van der Waals surface area contributed by atoms with Crippen LogP contribution < -0.4 is 10.4 Å². The van der Waals surface area contributed by atoms with Gasteiger partial charge in [-0.3, -0.25) is 0 Å². The Hall–Kier alpha value is -1.68. The molecule has 1 fully saturated rings. The van der Waals surface area contributed by atoms with E-state index in [-0.39, 0.29) is 0 Å². The topological polar surface area (TPSA) is 18.5 Å². The Kier molecular flexibility index (Phi) is 5.83. The highest BCUT2D eigenvalue weighted by molar-refractivity contribution is 6.92. The van der Waals surface area contributed by atoms with Crippen molar-refractivity contribution < 1.29 is 8.85 Å². The molecule has 2 aromatic carbocycles. The molecule has 0 radical (unpaired) electrons. The zero-order valence-electron chi connectivity index (χ0n) is 18.2. The smallest absolute Gasteiger partial charge is 0.387 e. The van der Waals surface area contributed by atoms with Gasteiger partial charge in [0.1, 0.15) is 0 Å². The number of rotatable bonds is 8. The number of benzene rings is 2. The first-order valence-corrected chi connectivity index (χ1v) is 12.8. The Morgan fingerprint density at radius 1 is 0.931 bits per heavy atom. The summed E-state index contributed by atoms with van der Waals surface area (Å²) in [6, 6.07) is 21.2. The molecule has 0 N–H and O–H groups in total. The van der Waals surface area contributed by atoms with E-state index in [1.807, 2.05) is 0 Å². The summed E-state index contributed by atoms with van der Waals surface area (Å²) < 4.78 is 13.7. The first kappa shape index (κ1) is 20.6. The van der Waals surface area contributed by atoms with Crippen LogP contribution in [0.25, 0.3) is 0 Å². The van der Waals surface area contributed by atoms with Gasteiger partial charge in [0, 0.05) is 6.61 Å². The maximum absolute atomic E-state index is 6.93. The molecule has 1 saturated carbocycles. The van der Waals surface area contributed by atoms with Crippen molar-refractivity contribution in [2.75, 3.05) is 13.2 Å². The van der Waals surface area contributed by atoms with Crippen molar-refractivity contribution in [2.24, 2.45) is 23.2 Å². The Labute approximate surface area is 177 Å². The molecule has 0 aromatic heterocycles. The van der Waals surface area contributed by atoms with Gasteiger partial charge in [-0.2, -0.15) is 0 Å². The quantitative estimate of drug-likeness (QED) is 0.457. The summed E-state index contributed by atoms with van der Waals surface area (Å²) in [5, 5.41) is 2.38. The summed E-state index contributed by atoms with van der Waals surface area (Å²) in [6.07, 6.45) is 4.96. The van der Waals surface area contributed by atoms with Crippen LogP contribution in [0.2, 0.25) is 0 Å². The second kappa shape index (κ2) is 8.21. The molecule has 0 saturated heterocycles. The third kappa shape index (κ3) is 3.88. The lowest BCUT2D eigenvalue weighted by Gasteiger charge is -2.56. The van der Waals surface area contributed by atoms with Crippen molar-refractivity contribution in [3.8, 4) is 0 Å². The van der Waals surface area contributed by atoms with E-state index in [4.69, 9.17) is 8.85 Å². The molecule has 5 rings (SSSR count). The van der Waals surface area contributed by atoms with Crippen LogP contribution in [0.15, 0.2) is 72.3 Å². The fraction of sp³-hybridized carbons (Fsp3) is 0.462. The van der Waals surface area contributed by atoms with Crippen LogP contribution in [0.4, 0.5) is 0 Å². The average Bonchev–Trinajstić information content (AvgIpc) is 2.75. The summed E-state index contributed by atoms with van der Waals surface area (Å²) in [4.78, 5) is 0. The van der Waals surface area contributed by atoms with Crippen LogP contribution in [0.1, 0.15) is 40.5 Å². The minimum absolute atomic E-state index is 0.413. The maximum atomic E-state index is 6.93. The third-order valence-electron chi connectivity index (χ3n) is 6.95. The molecule has 0 heterocycles. The predicted octanol–water partition coefficient (Wildman–Crippen LogP) is 4.92. The van der Waals surface area contributed by atoms with Gasteiger partial charge in [-0.1, -0.05) is 94.4 Å².